The molecule has 0 amide bonds. The van der Waals surface area contributed by atoms with Gasteiger partial charge in [-0.2, -0.15) is 0 Å². The van der Waals surface area contributed by atoms with Crippen LogP contribution in [-0.4, -0.2) is 17.2 Å². The molecule has 0 bridgehead atoms. The number of hydrogen-bond donors (Lipinski definition) is 1. The van der Waals surface area contributed by atoms with Gasteiger partial charge in [0.05, 0.1) is 12.0 Å². The predicted octanol–water partition coefficient (Wildman–Crippen LogP) is 4.19. The Labute approximate surface area is 131 Å². The van der Waals surface area contributed by atoms with Gasteiger partial charge in [0.1, 0.15) is 5.75 Å². The van der Waals surface area contributed by atoms with Crippen molar-refractivity contribution < 1.29 is 14.6 Å². The molecular weight excluding hydrogens is 276 g/mol. The highest BCUT2D eigenvalue weighted by Gasteiger charge is 2.20. The van der Waals surface area contributed by atoms with Crippen molar-refractivity contribution in [3.8, 4) is 5.75 Å². The zero-order chi connectivity index (χ0) is 16.1. The second kappa shape index (κ2) is 7.12. The van der Waals surface area contributed by atoms with Crippen molar-refractivity contribution in [2.75, 3.05) is 0 Å². The highest BCUT2D eigenvalue weighted by molar-refractivity contribution is 5.76. The van der Waals surface area contributed by atoms with E-state index in [0.717, 1.165) is 22.4 Å². The molecule has 3 nitrogen and oxygen atoms in total. The Morgan fingerprint density at radius 3 is 2.41 bits per heavy atom. The fourth-order valence-electron chi connectivity index (χ4n) is 2.40. The Morgan fingerprint density at radius 2 is 1.82 bits per heavy atom. The topological polar surface area (TPSA) is 46.5 Å². The molecule has 0 radical (unpaired) electrons. The molecule has 1 atom stereocenters. The van der Waals surface area contributed by atoms with Gasteiger partial charge in [0.15, 0.2) is 0 Å². The van der Waals surface area contributed by atoms with Crippen LogP contribution in [0.1, 0.15) is 36.5 Å². The number of carboxylic acids is 1. The van der Waals surface area contributed by atoms with Crippen molar-refractivity contribution in [1.82, 2.24) is 0 Å². The lowest BCUT2D eigenvalue weighted by molar-refractivity contribution is -0.138. The van der Waals surface area contributed by atoms with Gasteiger partial charge in [-0.1, -0.05) is 42.0 Å². The molecule has 1 unspecified atom stereocenters. The molecule has 0 aliphatic heterocycles. The molecule has 0 fully saturated rings. The van der Waals surface area contributed by atoms with E-state index in [2.05, 4.69) is 0 Å². The summed E-state index contributed by atoms with van der Waals surface area (Å²) in [6, 6.07) is 15.3. The molecule has 0 heterocycles. The quantitative estimate of drug-likeness (QED) is 0.869. The van der Waals surface area contributed by atoms with Gasteiger partial charge in [0.2, 0.25) is 0 Å². The minimum atomic E-state index is -0.806. The van der Waals surface area contributed by atoms with E-state index in [1.165, 1.54) is 0 Å². The highest BCUT2D eigenvalue weighted by atomic mass is 16.5. The second-order valence-corrected chi connectivity index (χ2v) is 5.82. The lowest BCUT2D eigenvalue weighted by Gasteiger charge is -2.15. The van der Waals surface area contributed by atoms with Crippen LogP contribution in [0.15, 0.2) is 48.5 Å². The smallest absolute Gasteiger partial charge is 0.311 e. The first-order chi connectivity index (χ1) is 10.5. The first-order valence-corrected chi connectivity index (χ1v) is 7.50. The maximum absolute atomic E-state index is 11.6. The third kappa shape index (κ3) is 4.35. The highest BCUT2D eigenvalue weighted by Crippen LogP contribution is 2.24. The van der Waals surface area contributed by atoms with Crippen molar-refractivity contribution in [2.45, 2.75) is 39.2 Å². The maximum atomic E-state index is 11.6. The SMILES string of the molecule is Cc1ccc(C(Cc2cccc(OC(C)C)c2)C(=O)O)cc1. The fraction of sp³-hybridized carbons (Fsp3) is 0.316. The number of aryl methyl sites for hydroxylation is 1. The van der Waals surface area contributed by atoms with E-state index in [1.807, 2.05) is 69.3 Å². The number of carbonyl (C=O) groups is 1. The number of hydrogen-bond acceptors (Lipinski definition) is 2. The first kappa shape index (κ1) is 16.1. The Morgan fingerprint density at radius 1 is 1.14 bits per heavy atom. The van der Waals surface area contributed by atoms with Crippen LogP contribution in [-0.2, 0) is 11.2 Å². The van der Waals surface area contributed by atoms with Gasteiger partial charge in [-0.15, -0.1) is 0 Å². The van der Waals surface area contributed by atoms with Crippen molar-refractivity contribution in [2.24, 2.45) is 0 Å². The first-order valence-electron chi connectivity index (χ1n) is 7.50. The van der Waals surface area contributed by atoms with Crippen LogP contribution in [0.25, 0.3) is 0 Å². The molecule has 116 valence electrons. The average molecular weight is 298 g/mol. The molecule has 3 heteroatoms. The van der Waals surface area contributed by atoms with Gasteiger partial charge < -0.3 is 9.84 Å². The molecule has 0 aliphatic rings. The molecule has 0 aliphatic carbocycles. The van der Waals surface area contributed by atoms with Crippen LogP contribution < -0.4 is 4.74 Å². The third-order valence-corrected chi connectivity index (χ3v) is 3.49. The predicted molar refractivity (Wildman–Crippen MR) is 87.5 cm³/mol. The van der Waals surface area contributed by atoms with E-state index >= 15 is 0 Å². The average Bonchev–Trinajstić information content (AvgIpc) is 2.45. The van der Waals surface area contributed by atoms with Crippen LogP contribution in [0.3, 0.4) is 0 Å². The lowest BCUT2D eigenvalue weighted by Crippen LogP contribution is -2.14. The van der Waals surface area contributed by atoms with Gasteiger partial charge in [-0.05, 0) is 50.5 Å². The summed E-state index contributed by atoms with van der Waals surface area (Å²) in [5.74, 6) is -0.575. The van der Waals surface area contributed by atoms with E-state index in [4.69, 9.17) is 4.74 Å². The van der Waals surface area contributed by atoms with Crippen molar-refractivity contribution in [1.29, 1.82) is 0 Å². The second-order valence-electron chi connectivity index (χ2n) is 5.82. The van der Waals surface area contributed by atoms with Crippen molar-refractivity contribution >= 4 is 5.97 Å². The number of rotatable bonds is 6. The van der Waals surface area contributed by atoms with Crippen molar-refractivity contribution in [3.63, 3.8) is 0 Å². The van der Waals surface area contributed by atoms with E-state index in [9.17, 15) is 9.90 Å². The molecule has 2 aromatic carbocycles. The third-order valence-electron chi connectivity index (χ3n) is 3.49. The summed E-state index contributed by atoms with van der Waals surface area (Å²) in [6.45, 7) is 5.93. The molecule has 22 heavy (non-hydrogen) atoms. The molecule has 2 rings (SSSR count). The summed E-state index contributed by atoms with van der Waals surface area (Å²) in [6.07, 6.45) is 0.552. The number of carboxylic acid groups (broad SMARTS) is 1. The Hall–Kier alpha value is -2.29. The normalized spacial score (nSPS) is 12.2. The molecular formula is C19H22O3. The number of aliphatic carboxylic acids is 1. The molecule has 0 saturated heterocycles. The molecule has 0 aromatic heterocycles. The number of benzene rings is 2. The van der Waals surface area contributed by atoms with Gasteiger partial charge in [0.25, 0.3) is 0 Å². The standard InChI is InChI=1S/C19H22O3/c1-13(2)22-17-6-4-5-15(11-17)12-18(19(20)21)16-9-7-14(3)8-10-16/h4-11,13,18H,12H2,1-3H3,(H,20,21). The van der Waals surface area contributed by atoms with E-state index in [-0.39, 0.29) is 6.10 Å². The summed E-state index contributed by atoms with van der Waals surface area (Å²) in [5.41, 5.74) is 2.92. The zero-order valence-electron chi connectivity index (χ0n) is 13.2. The Kier molecular flexibility index (Phi) is 5.21. The Balaban J connectivity index is 2.21. The summed E-state index contributed by atoms with van der Waals surface area (Å²) in [5, 5.41) is 9.54. The maximum Gasteiger partial charge on any atom is 0.311 e. The van der Waals surface area contributed by atoms with Crippen LogP contribution in [0.2, 0.25) is 0 Å². The van der Waals surface area contributed by atoms with Gasteiger partial charge in [-0.3, -0.25) is 4.79 Å². The molecule has 1 N–H and O–H groups in total. The molecule has 0 saturated carbocycles. The summed E-state index contributed by atoms with van der Waals surface area (Å²) >= 11 is 0. The minimum absolute atomic E-state index is 0.0996. The van der Waals surface area contributed by atoms with E-state index < -0.39 is 11.9 Å². The van der Waals surface area contributed by atoms with E-state index in [1.54, 1.807) is 0 Å². The summed E-state index contributed by atoms with van der Waals surface area (Å²) < 4.78 is 5.67. The van der Waals surface area contributed by atoms with Crippen LogP contribution in [0, 0.1) is 6.92 Å². The van der Waals surface area contributed by atoms with Crippen molar-refractivity contribution in [3.05, 3.63) is 65.2 Å². The van der Waals surface area contributed by atoms with Crippen LogP contribution in [0.4, 0.5) is 0 Å². The van der Waals surface area contributed by atoms with E-state index in [0.29, 0.717) is 6.42 Å². The largest absolute Gasteiger partial charge is 0.491 e. The summed E-state index contributed by atoms with van der Waals surface area (Å²) in [7, 11) is 0. The zero-order valence-corrected chi connectivity index (χ0v) is 13.2. The van der Waals surface area contributed by atoms with Gasteiger partial charge in [-0.25, -0.2) is 0 Å². The summed E-state index contributed by atoms with van der Waals surface area (Å²) in [4.78, 5) is 11.6. The minimum Gasteiger partial charge on any atom is -0.491 e. The van der Waals surface area contributed by atoms with Crippen LogP contribution in [0.5, 0.6) is 5.75 Å². The lowest BCUT2D eigenvalue weighted by atomic mass is 9.91. The number of ether oxygens (including phenoxy) is 1. The molecule has 0 spiro atoms. The van der Waals surface area contributed by atoms with Gasteiger partial charge in [0, 0.05) is 0 Å². The van der Waals surface area contributed by atoms with Gasteiger partial charge >= 0.3 is 5.97 Å². The monoisotopic (exact) mass is 298 g/mol. The Bertz CT molecular complexity index is 629. The van der Waals surface area contributed by atoms with Crippen LogP contribution >= 0.6 is 0 Å². The fourth-order valence-corrected chi connectivity index (χ4v) is 2.40. The molecule has 2 aromatic rings.